The van der Waals surface area contributed by atoms with Crippen molar-refractivity contribution in [2.24, 2.45) is 0 Å². The fourth-order valence-corrected chi connectivity index (χ4v) is 3.22. The van der Waals surface area contributed by atoms with Crippen LogP contribution in [0.2, 0.25) is 0 Å². The molecule has 0 spiro atoms. The zero-order valence-corrected chi connectivity index (χ0v) is 12.0. The summed E-state index contributed by atoms with van der Waals surface area (Å²) >= 11 is 0. The largest absolute Gasteiger partial charge is 0.399 e. The molecule has 1 amide bonds. The van der Waals surface area contributed by atoms with Gasteiger partial charge >= 0.3 is 0 Å². The Morgan fingerprint density at radius 3 is 2.55 bits per heavy atom. The monoisotopic (exact) mass is 288 g/mol. The normalized spacial score (nSPS) is 17.1. The SMILES string of the molecule is Nc1ccc([C@@H]2NC(=O)Cc3c2ccc2ccccc32)cc1. The van der Waals surface area contributed by atoms with Crippen LogP contribution in [-0.2, 0) is 11.2 Å². The number of carbonyl (C=O) groups is 1. The number of carbonyl (C=O) groups excluding carboxylic acids is 1. The lowest BCUT2D eigenvalue weighted by Gasteiger charge is -2.28. The second-order valence-corrected chi connectivity index (χ2v) is 5.70. The molecule has 0 saturated heterocycles. The van der Waals surface area contributed by atoms with E-state index in [1.807, 2.05) is 36.4 Å². The highest BCUT2D eigenvalue weighted by Gasteiger charge is 2.26. The summed E-state index contributed by atoms with van der Waals surface area (Å²) in [6.07, 6.45) is 0.433. The molecular formula is C19H16N2O. The zero-order chi connectivity index (χ0) is 15.1. The Bertz CT molecular complexity index is 868. The number of amides is 1. The molecule has 3 nitrogen and oxygen atoms in total. The van der Waals surface area contributed by atoms with Crippen molar-refractivity contribution in [2.45, 2.75) is 12.5 Å². The van der Waals surface area contributed by atoms with Crippen molar-refractivity contribution in [1.29, 1.82) is 0 Å². The van der Waals surface area contributed by atoms with Crippen molar-refractivity contribution >= 4 is 22.4 Å². The predicted octanol–water partition coefficient (Wildman–Crippen LogP) is 3.18. The van der Waals surface area contributed by atoms with Gasteiger partial charge < -0.3 is 11.1 Å². The van der Waals surface area contributed by atoms with E-state index in [2.05, 4.69) is 29.6 Å². The Labute approximate surface area is 128 Å². The maximum Gasteiger partial charge on any atom is 0.225 e. The molecule has 1 aliphatic heterocycles. The number of nitrogen functional groups attached to an aromatic ring is 1. The second kappa shape index (κ2) is 4.88. The Kier molecular flexibility index (Phi) is 2.86. The molecule has 0 bridgehead atoms. The summed E-state index contributed by atoms with van der Waals surface area (Å²) in [7, 11) is 0. The smallest absolute Gasteiger partial charge is 0.225 e. The van der Waals surface area contributed by atoms with Crippen molar-refractivity contribution in [2.75, 3.05) is 5.73 Å². The van der Waals surface area contributed by atoms with Crippen LogP contribution < -0.4 is 11.1 Å². The van der Waals surface area contributed by atoms with E-state index in [9.17, 15) is 4.79 Å². The lowest BCUT2D eigenvalue weighted by molar-refractivity contribution is -0.121. The van der Waals surface area contributed by atoms with Gasteiger partial charge in [-0.05, 0) is 39.6 Å². The van der Waals surface area contributed by atoms with Gasteiger partial charge in [-0.25, -0.2) is 0 Å². The molecule has 3 aromatic rings. The maximum atomic E-state index is 12.2. The third kappa shape index (κ3) is 2.02. The van der Waals surface area contributed by atoms with E-state index in [1.54, 1.807) is 0 Å². The van der Waals surface area contributed by atoms with Gasteiger partial charge in [0.1, 0.15) is 0 Å². The van der Waals surface area contributed by atoms with Gasteiger partial charge in [0.2, 0.25) is 5.91 Å². The van der Waals surface area contributed by atoms with Gasteiger partial charge in [-0.2, -0.15) is 0 Å². The van der Waals surface area contributed by atoms with Gasteiger partial charge in [-0.15, -0.1) is 0 Å². The van der Waals surface area contributed by atoms with Gasteiger partial charge in [0, 0.05) is 5.69 Å². The lowest BCUT2D eigenvalue weighted by atomic mass is 9.86. The summed E-state index contributed by atoms with van der Waals surface area (Å²) in [6, 6.07) is 20.0. The predicted molar refractivity (Wildman–Crippen MR) is 88.5 cm³/mol. The quantitative estimate of drug-likeness (QED) is 0.676. The minimum atomic E-state index is -0.110. The van der Waals surface area contributed by atoms with Crippen LogP contribution in [-0.4, -0.2) is 5.91 Å². The van der Waals surface area contributed by atoms with Crippen molar-refractivity contribution in [1.82, 2.24) is 5.32 Å². The second-order valence-electron chi connectivity index (χ2n) is 5.70. The topological polar surface area (TPSA) is 55.1 Å². The van der Waals surface area contributed by atoms with Crippen LogP contribution in [0.4, 0.5) is 5.69 Å². The van der Waals surface area contributed by atoms with E-state index in [1.165, 1.54) is 10.9 Å². The van der Waals surface area contributed by atoms with E-state index in [4.69, 9.17) is 5.73 Å². The van der Waals surface area contributed by atoms with Crippen LogP contribution in [0, 0.1) is 0 Å². The number of rotatable bonds is 1. The van der Waals surface area contributed by atoms with Crippen molar-refractivity contribution in [3.63, 3.8) is 0 Å². The molecule has 108 valence electrons. The summed E-state index contributed by atoms with van der Waals surface area (Å²) in [5.74, 6) is 0.0608. The molecule has 22 heavy (non-hydrogen) atoms. The van der Waals surface area contributed by atoms with Crippen LogP contribution in [0.15, 0.2) is 60.7 Å². The molecule has 1 heterocycles. The van der Waals surface area contributed by atoms with Crippen LogP contribution in [0.3, 0.4) is 0 Å². The lowest BCUT2D eigenvalue weighted by Crippen LogP contribution is -2.35. The number of fused-ring (bicyclic) bond motifs is 3. The van der Waals surface area contributed by atoms with Crippen LogP contribution in [0.5, 0.6) is 0 Å². The molecule has 0 radical (unpaired) electrons. The van der Waals surface area contributed by atoms with E-state index in [0.29, 0.717) is 6.42 Å². The molecule has 1 aliphatic rings. The summed E-state index contributed by atoms with van der Waals surface area (Å²) < 4.78 is 0. The third-order valence-corrected chi connectivity index (χ3v) is 4.30. The van der Waals surface area contributed by atoms with Crippen molar-refractivity contribution in [3.8, 4) is 0 Å². The molecule has 1 atom stereocenters. The molecule has 3 aromatic carbocycles. The Hall–Kier alpha value is -2.81. The fourth-order valence-electron chi connectivity index (χ4n) is 3.22. The van der Waals surface area contributed by atoms with E-state index >= 15 is 0 Å². The first-order valence-electron chi connectivity index (χ1n) is 7.38. The summed E-state index contributed by atoms with van der Waals surface area (Å²) in [6.45, 7) is 0. The number of hydrogen-bond donors (Lipinski definition) is 2. The minimum absolute atomic E-state index is 0.0608. The minimum Gasteiger partial charge on any atom is -0.399 e. The highest BCUT2D eigenvalue weighted by atomic mass is 16.1. The van der Waals surface area contributed by atoms with Crippen LogP contribution in [0.1, 0.15) is 22.7 Å². The highest BCUT2D eigenvalue weighted by Crippen LogP contribution is 2.33. The first-order chi connectivity index (χ1) is 10.7. The maximum absolute atomic E-state index is 12.2. The van der Waals surface area contributed by atoms with Crippen LogP contribution >= 0.6 is 0 Å². The highest BCUT2D eigenvalue weighted by molar-refractivity contribution is 5.93. The van der Waals surface area contributed by atoms with Gasteiger partial charge in [0.15, 0.2) is 0 Å². The Balaban J connectivity index is 1.92. The standard InChI is InChI=1S/C19H16N2O/c20-14-8-5-13(6-9-14)19-16-10-7-12-3-1-2-4-15(12)17(16)11-18(22)21-19/h1-10,19H,11,20H2,(H,21,22)/t19-/m0/s1. The molecule has 0 unspecified atom stereocenters. The first kappa shape index (κ1) is 12.9. The Morgan fingerprint density at radius 2 is 1.73 bits per heavy atom. The molecule has 4 rings (SSSR count). The number of hydrogen-bond acceptors (Lipinski definition) is 2. The van der Waals surface area contributed by atoms with E-state index in [0.717, 1.165) is 22.2 Å². The van der Waals surface area contributed by atoms with Crippen molar-refractivity contribution in [3.05, 3.63) is 77.4 Å². The van der Waals surface area contributed by atoms with Gasteiger partial charge in [0.05, 0.1) is 12.5 Å². The molecule has 0 aliphatic carbocycles. The fraction of sp³-hybridized carbons (Fsp3) is 0.105. The van der Waals surface area contributed by atoms with Gasteiger partial charge in [0.25, 0.3) is 0 Å². The molecule has 0 aromatic heterocycles. The van der Waals surface area contributed by atoms with E-state index in [-0.39, 0.29) is 11.9 Å². The molecular weight excluding hydrogens is 272 g/mol. The van der Waals surface area contributed by atoms with Crippen LogP contribution in [0.25, 0.3) is 10.8 Å². The molecule has 0 fully saturated rings. The Morgan fingerprint density at radius 1 is 0.955 bits per heavy atom. The summed E-state index contributed by atoms with van der Waals surface area (Å²) in [5.41, 5.74) is 9.84. The van der Waals surface area contributed by atoms with Gasteiger partial charge in [-0.3, -0.25) is 4.79 Å². The number of nitrogens with one attached hydrogen (secondary N) is 1. The average Bonchev–Trinajstić information content (AvgIpc) is 2.55. The number of anilines is 1. The third-order valence-electron chi connectivity index (χ3n) is 4.30. The van der Waals surface area contributed by atoms with E-state index < -0.39 is 0 Å². The number of nitrogens with two attached hydrogens (primary N) is 1. The molecule has 0 saturated carbocycles. The summed E-state index contributed by atoms with van der Waals surface area (Å²) in [5, 5.41) is 5.43. The molecule has 3 heteroatoms. The average molecular weight is 288 g/mol. The van der Waals surface area contributed by atoms with Crippen molar-refractivity contribution < 1.29 is 4.79 Å². The summed E-state index contributed by atoms with van der Waals surface area (Å²) in [4.78, 5) is 12.2. The number of benzene rings is 3. The first-order valence-corrected chi connectivity index (χ1v) is 7.38. The zero-order valence-electron chi connectivity index (χ0n) is 12.0. The molecule has 3 N–H and O–H groups in total. The van der Waals surface area contributed by atoms with Gasteiger partial charge in [-0.1, -0.05) is 48.5 Å².